The number of halogens is 1. The highest BCUT2D eigenvalue weighted by molar-refractivity contribution is 7.98. The van der Waals surface area contributed by atoms with Gasteiger partial charge in [0.1, 0.15) is 5.03 Å². The Hall–Kier alpha value is -1.03. The molecule has 0 unspecified atom stereocenters. The molecule has 0 aliphatic heterocycles. The molecule has 0 saturated heterocycles. The van der Waals surface area contributed by atoms with Crippen LogP contribution in [-0.4, -0.2) is 10.1 Å². The number of aromatic nitrogens is 1. The van der Waals surface area contributed by atoms with Gasteiger partial charge in [-0.1, -0.05) is 35.9 Å². The van der Waals surface area contributed by atoms with Gasteiger partial charge in [0, 0.05) is 22.5 Å². The fraction of sp³-hybridized carbons (Fsp3) is 0.154. The number of aliphatic hydroxyl groups excluding tert-OH is 1. The lowest BCUT2D eigenvalue weighted by atomic mass is 10.2. The predicted octanol–water partition coefficient (Wildman–Crippen LogP) is 3.52. The fourth-order valence-electron chi connectivity index (χ4n) is 1.44. The Morgan fingerprint density at radius 1 is 1.12 bits per heavy atom. The second kappa shape index (κ2) is 6.05. The van der Waals surface area contributed by atoms with Crippen LogP contribution in [0.2, 0.25) is 5.02 Å². The summed E-state index contributed by atoms with van der Waals surface area (Å²) >= 11 is 7.66. The molecular formula is C13H12ClNOS. The monoisotopic (exact) mass is 265 g/mol. The van der Waals surface area contributed by atoms with E-state index in [1.54, 1.807) is 18.0 Å². The van der Waals surface area contributed by atoms with E-state index in [0.717, 1.165) is 26.9 Å². The van der Waals surface area contributed by atoms with Gasteiger partial charge in [-0.3, -0.25) is 0 Å². The first-order chi connectivity index (χ1) is 8.31. The van der Waals surface area contributed by atoms with Crippen molar-refractivity contribution < 1.29 is 5.11 Å². The summed E-state index contributed by atoms with van der Waals surface area (Å²) in [5.41, 5.74) is 1.93. The number of rotatable bonds is 4. The Morgan fingerprint density at radius 2 is 1.88 bits per heavy atom. The maximum absolute atomic E-state index is 9.19. The van der Waals surface area contributed by atoms with E-state index in [9.17, 15) is 5.11 Å². The lowest BCUT2D eigenvalue weighted by molar-refractivity contribution is 0.278. The highest BCUT2D eigenvalue weighted by Gasteiger charge is 2.05. The third-order valence-electron chi connectivity index (χ3n) is 2.34. The van der Waals surface area contributed by atoms with E-state index in [1.165, 1.54) is 0 Å². The maximum Gasteiger partial charge on any atom is 0.102 e. The van der Waals surface area contributed by atoms with Crippen LogP contribution in [0.5, 0.6) is 0 Å². The molecule has 0 aliphatic rings. The Labute approximate surface area is 110 Å². The minimum atomic E-state index is 0.0126. The Morgan fingerprint density at radius 3 is 2.65 bits per heavy atom. The second-order valence-electron chi connectivity index (χ2n) is 3.51. The van der Waals surface area contributed by atoms with Crippen LogP contribution in [0.25, 0.3) is 0 Å². The smallest absolute Gasteiger partial charge is 0.102 e. The van der Waals surface area contributed by atoms with Gasteiger partial charge in [-0.2, -0.15) is 0 Å². The summed E-state index contributed by atoms with van der Waals surface area (Å²) < 4.78 is 0. The number of pyridine rings is 1. The number of hydrogen-bond acceptors (Lipinski definition) is 3. The first kappa shape index (κ1) is 12.4. The van der Waals surface area contributed by atoms with E-state index in [0.29, 0.717) is 0 Å². The number of aliphatic hydroxyl groups is 1. The van der Waals surface area contributed by atoms with Crippen molar-refractivity contribution in [2.24, 2.45) is 0 Å². The average molecular weight is 266 g/mol. The predicted molar refractivity (Wildman–Crippen MR) is 71.2 cm³/mol. The topological polar surface area (TPSA) is 33.1 Å². The summed E-state index contributed by atoms with van der Waals surface area (Å²) in [6.07, 6.45) is 1.73. The number of thioether (sulfide) groups is 1. The van der Waals surface area contributed by atoms with Crippen LogP contribution in [0.15, 0.2) is 47.6 Å². The van der Waals surface area contributed by atoms with Gasteiger partial charge in [0.15, 0.2) is 0 Å². The quantitative estimate of drug-likeness (QED) is 0.859. The van der Waals surface area contributed by atoms with Crippen LogP contribution in [-0.2, 0) is 12.4 Å². The minimum Gasteiger partial charge on any atom is -0.392 e. The van der Waals surface area contributed by atoms with Crippen LogP contribution >= 0.6 is 23.4 Å². The van der Waals surface area contributed by atoms with Gasteiger partial charge in [0.2, 0.25) is 0 Å². The summed E-state index contributed by atoms with van der Waals surface area (Å²) in [4.78, 5) is 4.25. The van der Waals surface area contributed by atoms with Gasteiger partial charge in [-0.25, -0.2) is 4.98 Å². The van der Waals surface area contributed by atoms with E-state index in [1.807, 2.05) is 36.4 Å². The highest BCUT2D eigenvalue weighted by atomic mass is 35.5. The fourth-order valence-corrected chi connectivity index (χ4v) is 2.72. The lowest BCUT2D eigenvalue weighted by Crippen LogP contribution is -1.91. The SMILES string of the molecule is OCc1cccnc1SCc1ccccc1Cl. The zero-order chi connectivity index (χ0) is 12.1. The molecule has 0 spiro atoms. The van der Waals surface area contributed by atoms with Crippen molar-refractivity contribution in [2.45, 2.75) is 17.4 Å². The third kappa shape index (κ3) is 3.22. The number of nitrogens with zero attached hydrogens (tertiary/aromatic N) is 1. The maximum atomic E-state index is 9.19. The van der Waals surface area contributed by atoms with Crippen molar-refractivity contribution in [3.8, 4) is 0 Å². The minimum absolute atomic E-state index is 0.0126. The summed E-state index contributed by atoms with van der Waals surface area (Å²) in [6.45, 7) is 0.0126. The average Bonchev–Trinajstić information content (AvgIpc) is 2.38. The summed E-state index contributed by atoms with van der Waals surface area (Å²) in [5, 5.41) is 10.8. The third-order valence-corrected chi connectivity index (χ3v) is 3.81. The van der Waals surface area contributed by atoms with Gasteiger partial charge < -0.3 is 5.11 Å². The molecule has 17 heavy (non-hydrogen) atoms. The summed E-state index contributed by atoms with van der Waals surface area (Å²) in [5.74, 6) is 0.754. The molecular weight excluding hydrogens is 254 g/mol. The molecule has 0 bridgehead atoms. The Kier molecular flexibility index (Phi) is 4.42. The van der Waals surface area contributed by atoms with Gasteiger partial charge in [0.25, 0.3) is 0 Å². The Balaban J connectivity index is 2.10. The molecule has 0 saturated carbocycles. The van der Waals surface area contributed by atoms with Gasteiger partial charge in [-0.15, -0.1) is 11.8 Å². The molecule has 1 heterocycles. The van der Waals surface area contributed by atoms with Gasteiger partial charge in [-0.05, 0) is 17.7 Å². The van der Waals surface area contributed by atoms with Crippen molar-refractivity contribution in [3.05, 3.63) is 58.7 Å². The van der Waals surface area contributed by atoms with Crippen LogP contribution in [0.1, 0.15) is 11.1 Å². The molecule has 2 nitrogen and oxygen atoms in total. The number of benzene rings is 1. The van der Waals surface area contributed by atoms with E-state index in [2.05, 4.69) is 4.98 Å². The standard InChI is InChI=1S/C13H12ClNOS/c14-12-6-2-1-4-11(12)9-17-13-10(8-16)5-3-7-15-13/h1-7,16H,8-9H2. The molecule has 0 fully saturated rings. The summed E-state index contributed by atoms with van der Waals surface area (Å²) in [7, 11) is 0. The van der Waals surface area contributed by atoms with Crippen molar-refractivity contribution in [2.75, 3.05) is 0 Å². The first-order valence-electron chi connectivity index (χ1n) is 5.22. The van der Waals surface area contributed by atoms with E-state index in [4.69, 9.17) is 11.6 Å². The molecule has 4 heteroatoms. The first-order valence-corrected chi connectivity index (χ1v) is 6.58. The van der Waals surface area contributed by atoms with E-state index in [-0.39, 0.29) is 6.61 Å². The van der Waals surface area contributed by atoms with Gasteiger partial charge >= 0.3 is 0 Å². The zero-order valence-corrected chi connectivity index (χ0v) is 10.7. The molecule has 1 aromatic heterocycles. The Bertz CT molecular complexity index is 504. The van der Waals surface area contributed by atoms with Crippen LogP contribution < -0.4 is 0 Å². The molecule has 2 aromatic rings. The number of hydrogen-bond donors (Lipinski definition) is 1. The molecule has 0 radical (unpaired) electrons. The van der Waals surface area contributed by atoms with Crippen molar-refractivity contribution in [3.63, 3.8) is 0 Å². The van der Waals surface area contributed by atoms with Crippen molar-refractivity contribution >= 4 is 23.4 Å². The largest absolute Gasteiger partial charge is 0.392 e. The molecule has 1 N–H and O–H groups in total. The molecule has 0 amide bonds. The molecule has 88 valence electrons. The van der Waals surface area contributed by atoms with Crippen LogP contribution in [0.4, 0.5) is 0 Å². The van der Waals surface area contributed by atoms with E-state index < -0.39 is 0 Å². The van der Waals surface area contributed by atoms with Gasteiger partial charge in [0.05, 0.1) is 6.61 Å². The molecule has 1 aromatic carbocycles. The zero-order valence-electron chi connectivity index (χ0n) is 9.14. The van der Waals surface area contributed by atoms with Crippen molar-refractivity contribution in [1.29, 1.82) is 0 Å². The molecule has 0 atom stereocenters. The van der Waals surface area contributed by atoms with Crippen LogP contribution in [0, 0.1) is 0 Å². The molecule has 0 aliphatic carbocycles. The second-order valence-corrected chi connectivity index (χ2v) is 4.88. The highest BCUT2D eigenvalue weighted by Crippen LogP contribution is 2.27. The lowest BCUT2D eigenvalue weighted by Gasteiger charge is -2.06. The van der Waals surface area contributed by atoms with Crippen LogP contribution in [0.3, 0.4) is 0 Å². The van der Waals surface area contributed by atoms with E-state index >= 15 is 0 Å². The molecule has 2 rings (SSSR count). The van der Waals surface area contributed by atoms with Crippen molar-refractivity contribution in [1.82, 2.24) is 4.98 Å². The normalized spacial score (nSPS) is 10.5. The summed E-state index contributed by atoms with van der Waals surface area (Å²) in [6, 6.07) is 11.5.